The van der Waals surface area contributed by atoms with Crippen LogP contribution in [0.2, 0.25) is 0 Å². The van der Waals surface area contributed by atoms with E-state index in [0.717, 1.165) is 50.7 Å². The molecule has 1 aliphatic rings. The van der Waals surface area contributed by atoms with Gasteiger partial charge in [-0.3, -0.25) is 4.79 Å². The van der Waals surface area contributed by atoms with Gasteiger partial charge in [0.15, 0.2) is 0 Å². The van der Waals surface area contributed by atoms with E-state index < -0.39 is 0 Å². The number of rotatable bonds is 3. The number of hydrogen-bond donors (Lipinski definition) is 1. The van der Waals surface area contributed by atoms with Gasteiger partial charge in [0.05, 0.1) is 16.0 Å². The molecule has 0 saturated carbocycles. The second-order valence-electron chi connectivity index (χ2n) is 6.81. The topological polar surface area (TPSA) is 58.1 Å². The van der Waals surface area contributed by atoms with E-state index in [2.05, 4.69) is 31.1 Å². The number of benzene rings is 1. The highest BCUT2D eigenvalue weighted by atomic mass is 79.9. The molecule has 4 rings (SSSR count). The van der Waals surface area contributed by atoms with Gasteiger partial charge in [-0.15, -0.1) is 11.3 Å². The van der Waals surface area contributed by atoms with Crippen molar-refractivity contribution in [3.8, 4) is 0 Å². The zero-order valence-corrected chi connectivity index (χ0v) is 17.8. The van der Waals surface area contributed by atoms with Crippen molar-refractivity contribution in [1.29, 1.82) is 0 Å². The van der Waals surface area contributed by atoms with Gasteiger partial charge >= 0.3 is 0 Å². The highest BCUT2D eigenvalue weighted by molar-refractivity contribution is 9.10. The second-order valence-corrected chi connectivity index (χ2v) is 8.67. The molecule has 0 aliphatic carbocycles. The molecule has 0 spiro atoms. The molecule has 0 bridgehead atoms. The average molecular weight is 445 g/mol. The van der Waals surface area contributed by atoms with Crippen LogP contribution in [-0.4, -0.2) is 29.0 Å². The maximum absolute atomic E-state index is 12.9. The molecule has 1 saturated heterocycles. The van der Waals surface area contributed by atoms with Gasteiger partial charge in [-0.1, -0.05) is 12.1 Å². The van der Waals surface area contributed by atoms with Crippen LogP contribution in [0, 0.1) is 13.8 Å². The van der Waals surface area contributed by atoms with Crippen molar-refractivity contribution in [2.24, 2.45) is 0 Å². The number of carbonyl (C=O) groups is 1. The van der Waals surface area contributed by atoms with Gasteiger partial charge in [0.2, 0.25) is 0 Å². The number of thiophene rings is 1. The van der Waals surface area contributed by atoms with Gasteiger partial charge < -0.3 is 10.2 Å². The van der Waals surface area contributed by atoms with Crippen LogP contribution in [0.3, 0.4) is 0 Å². The summed E-state index contributed by atoms with van der Waals surface area (Å²) in [5.74, 6) is 1.62. The lowest BCUT2D eigenvalue weighted by atomic mass is 10.1. The third kappa shape index (κ3) is 3.58. The highest BCUT2D eigenvalue weighted by Gasteiger charge is 2.23. The zero-order chi connectivity index (χ0) is 19.0. The summed E-state index contributed by atoms with van der Waals surface area (Å²) in [5, 5.41) is 4.02. The number of piperidine rings is 1. The van der Waals surface area contributed by atoms with Crippen molar-refractivity contribution in [2.75, 3.05) is 23.3 Å². The Morgan fingerprint density at radius 1 is 1.15 bits per heavy atom. The van der Waals surface area contributed by atoms with Gasteiger partial charge in [-0.05, 0) is 66.7 Å². The first-order chi connectivity index (χ1) is 13.0. The van der Waals surface area contributed by atoms with Crippen LogP contribution in [0.4, 0.5) is 11.5 Å². The molecule has 1 N–H and O–H groups in total. The number of fused-ring (bicyclic) bond motifs is 1. The van der Waals surface area contributed by atoms with Crippen LogP contribution >= 0.6 is 27.3 Å². The molecule has 2 aromatic heterocycles. The van der Waals surface area contributed by atoms with E-state index in [0.29, 0.717) is 4.88 Å². The average Bonchev–Trinajstić information content (AvgIpc) is 3.00. The molecule has 3 heterocycles. The lowest BCUT2D eigenvalue weighted by Gasteiger charge is -2.28. The smallest absolute Gasteiger partial charge is 0.266 e. The summed E-state index contributed by atoms with van der Waals surface area (Å²) < 4.78 is 0.863. The summed E-state index contributed by atoms with van der Waals surface area (Å²) in [7, 11) is 0. The number of hydrogen-bond acceptors (Lipinski definition) is 5. The minimum absolute atomic E-state index is 0.107. The molecule has 27 heavy (non-hydrogen) atoms. The predicted molar refractivity (Wildman–Crippen MR) is 115 cm³/mol. The lowest BCUT2D eigenvalue weighted by Crippen LogP contribution is -2.30. The standard InChI is InChI=1S/C20H21BrN4OS/c1-12-16-18(25-10-6-3-7-11-25)22-13(2)23-20(16)27-17(12)19(26)24-15-9-5-4-8-14(15)21/h4-5,8-9H,3,6-7,10-11H2,1-2H3,(H,24,26). The molecular formula is C20H21BrN4OS. The summed E-state index contributed by atoms with van der Waals surface area (Å²) in [6.07, 6.45) is 3.64. The fourth-order valence-corrected chi connectivity index (χ4v) is 5.01. The quantitative estimate of drug-likeness (QED) is 0.594. The molecule has 0 radical (unpaired) electrons. The minimum Gasteiger partial charge on any atom is -0.356 e. The third-order valence-corrected chi connectivity index (χ3v) is 6.74. The molecule has 5 nitrogen and oxygen atoms in total. The largest absolute Gasteiger partial charge is 0.356 e. The number of para-hydroxylation sites is 1. The number of aromatic nitrogens is 2. The van der Waals surface area contributed by atoms with Crippen LogP contribution < -0.4 is 10.2 Å². The Labute approximate surface area is 171 Å². The van der Waals surface area contributed by atoms with Gasteiger partial charge in [0.1, 0.15) is 16.5 Å². The molecule has 1 aliphatic heterocycles. The first-order valence-corrected chi connectivity index (χ1v) is 10.7. The Balaban J connectivity index is 1.75. The molecule has 0 atom stereocenters. The van der Waals surface area contributed by atoms with Crippen molar-refractivity contribution in [1.82, 2.24) is 9.97 Å². The molecule has 7 heteroatoms. The molecule has 1 fully saturated rings. The normalized spacial score (nSPS) is 14.6. The van der Waals surface area contributed by atoms with Crippen molar-refractivity contribution in [3.63, 3.8) is 0 Å². The number of carbonyl (C=O) groups excluding carboxylic acids is 1. The van der Waals surface area contributed by atoms with E-state index >= 15 is 0 Å². The number of anilines is 2. The molecule has 140 valence electrons. The van der Waals surface area contributed by atoms with Crippen LogP contribution in [0.1, 0.15) is 40.3 Å². The first-order valence-electron chi connectivity index (χ1n) is 9.13. The Kier molecular flexibility index (Phi) is 5.14. The Bertz CT molecular complexity index is 1010. The third-order valence-electron chi connectivity index (χ3n) is 4.87. The van der Waals surface area contributed by atoms with Gasteiger partial charge in [-0.25, -0.2) is 9.97 Å². The fraction of sp³-hybridized carbons (Fsp3) is 0.350. The van der Waals surface area contributed by atoms with E-state index in [-0.39, 0.29) is 5.91 Å². The summed E-state index contributed by atoms with van der Waals surface area (Å²) in [5.41, 5.74) is 1.72. The van der Waals surface area contributed by atoms with Gasteiger partial charge in [0, 0.05) is 17.6 Å². The summed E-state index contributed by atoms with van der Waals surface area (Å²) in [6.45, 7) is 5.95. The van der Waals surface area contributed by atoms with E-state index in [1.165, 1.54) is 30.6 Å². The van der Waals surface area contributed by atoms with Crippen LogP contribution in [-0.2, 0) is 0 Å². The van der Waals surface area contributed by atoms with E-state index in [4.69, 9.17) is 4.98 Å². The summed E-state index contributed by atoms with van der Waals surface area (Å²) in [6, 6.07) is 7.62. The van der Waals surface area contributed by atoms with Crippen molar-refractivity contribution in [3.05, 3.63) is 45.0 Å². The van der Waals surface area contributed by atoms with Crippen molar-refractivity contribution in [2.45, 2.75) is 33.1 Å². The number of aryl methyl sites for hydroxylation is 2. The predicted octanol–water partition coefficient (Wildman–Crippen LogP) is 5.31. The SMILES string of the molecule is Cc1nc(N2CCCCC2)c2c(C)c(C(=O)Nc3ccccc3Br)sc2n1. The summed E-state index contributed by atoms with van der Waals surface area (Å²) >= 11 is 4.93. The number of nitrogens with zero attached hydrogens (tertiary/aromatic N) is 3. The maximum Gasteiger partial charge on any atom is 0.266 e. The molecular weight excluding hydrogens is 424 g/mol. The molecule has 0 unspecified atom stereocenters. The second kappa shape index (κ2) is 7.56. The Morgan fingerprint density at radius 2 is 1.89 bits per heavy atom. The van der Waals surface area contributed by atoms with Gasteiger partial charge in [-0.2, -0.15) is 0 Å². The Morgan fingerprint density at radius 3 is 2.63 bits per heavy atom. The number of amides is 1. The van der Waals surface area contributed by atoms with E-state index in [1.807, 2.05) is 38.1 Å². The van der Waals surface area contributed by atoms with Crippen LogP contribution in [0.25, 0.3) is 10.2 Å². The Hall–Kier alpha value is -1.99. The monoisotopic (exact) mass is 444 g/mol. The minimum atomic E-state index is -0.107. The number of halogens is 1. The highest BCUT2D eigenvalue weighted by Crippen LogP contribution is 2.37. The molecule has 1 aromatic carbocycles. The van der Waals surface area contributed by atoms with Crippen LogP contribution in [0.5, 0.6) is 0 Å². The van der Waals surface area contributed by atoms with Gasteiger partial charge in [0.25, 0.3) is 5.91 Å². The fourth-order valence-electron chi connectivity index (χ4n) is 3.51. The lowest BCUT2D eigenvalue weighted by molar-refractivity contribution is 0.103. The molecule has 1 amide bonds. The van der Waals surface area contributed by atoms with E-state index in [9.17, 15) is 4.79 Å². The number of nitrogens with one attached hydrogen (secondary N) is 1. The van der Waals surface area contributed by atoms with Crippen LogP contribution in [0.15, 0.2) is 28.7 Å². The van der Waals surface area contributed by atoms with Crippen molar-refractivity contribution < 1.29 is 4.79 Å². The van der Waals surface area contributed by atoms with Crippen molar-refractivity contribution >= 4 is 54.9 Å². The zero-order valence-electron chi connectivity index (χ0n) is 15.4. The maximum atomic E-state index is 12.9. The molecule has 3 aromatic rings. The van der Waals surface area contributed by atoms with E-state index in [1.54, 1.807) is 0 Å². The summed E-state index contributed by atoms with van der Waals surface area (Å²) in [4.78, 5) is 26.2. The first kappa shape index (κ1) is 18.4.